The lowest BCUT2D eigenvalue weighted by molar-refractivity contribution is -0.139. The van der Waals surface area contributed by atoms with E-state index in [2.05, 4.69) is 13.8 Å². The Morgan fingerprint density at radius 2 is 1.03 bits per heavy atom. The van der Waals surface area contributed by atoms with E-state index >= 15 is 0 Å². The van der Waals surface area contributed by atoms with Gasteiger partial charge in [0, 0.05) is 23.3 Å². The molecular weight excluding hydrogens is 404 g/mol. The minimum atomic E-state index is -0.301. The first-order valence-corrected chi connectivity index (χ1v) is 11.7. The van der Waals surface area contributed by atoms with Gasteiger partial charge in [0.2, 0.25) is 0 Å². The van der Waals surface area contributed by atoms with Crippen LogP contribution >= 0.6 is 0 Å². The zero-order chi connectivity index (χ0) is 23.1. The van der Waals surface area contributed by atoms with Crippen LogP contribution in [0, 0.1) is 0 Å². The Labute approximate surface area is 190 Å². The summed E-state index contributed by atoms with van der Waals surface area (Å²) in [5, 5.41) is 0. The van der Waals surface area contributed by atoms with Crippen LogP contribution in [0.25, 0.3) is 0 Å². The van der Waals surface area contributed by atoms with E-state index in [9.17, 15) is 19.2 Å². The van der Waals surface area contributed by atoms with Gasteiger partial charge in [-0.25, -0.2) is 0 Å². The molecule has 0 saturated heterocycles. The molecule has 0 unspecified atom stereocenters. The van der Waals surface area contributed by atoms with E-state index in [1.54, 1.807) is 0 Å². The molecule has 1 aromatic rings. The van der Waals surface area contributed by atoms with Gasteiger partial charge in [0.05, 0.1) is 13.1 Å². The quantitative estimate of drug-likeness (QED) is 0.359. The summed E-state index contributed by atoms with van der Waals surface area (Å²) in [4.78, 5) is 52.9. The standard InChI is InChI=1S/C26H32N2O4/c1-3-5-7-11-19-15-23(29)27(25(19)31)17-21-13-9-10-14-22(21)18-28-24(30)16-20(26(28)32)12-8-6-4-2/h9-10,13-16H,3-8,11-12,17-18H2,1-2H3. The van der Waals surface area contributed by atoms with Gasteiger partial charge in [-0.05, 0) is 36.8 Å². The molecule has 0 aromatic heterocycles. The van der Waals surface area contributed by atoms with Gasteiger partial charge in [-0.1, -0.05) is 63.8 Å². The van der Waals surface area contributed by atoms with E-state index < -0.39 is 0 Å². The Morgan fingerprint density at radius 3 is 1.41 bits per heavy atom. The number of carbonyl (C=O) groups is 4. The first-order valence-electron chi connectivity index (χ1n) is 11.7. The fourth-order valence-electron chi connectivity index (χ4n) is 4.12. The van der Waals surface area contributed by atoms with Crippen molar-refractivity contribution in [1.29, 1.82) is 0 Å². The number of hydrogen-bond donors (Lipinski definition) is 0. The number of rotatable bonds is 12. The van der Waals surface area contributed by atoms with E-state index in [0.29, 0.717) is 24.0 Å². The predicted octanol–water partition coefficient (Wildman–Crippen LogP) is 4.44. The average molecular weight is 437 g/mol. The van der Waals surface area contributed by atoms with Crippen LogP contribution in [0.1, 0.15) is 76.3 Å². The molecule has 32 heavy (non-hydrogen) atoms. The van der Waals surface area contributed by atoms with Crippen molar-refractivity contribution in [2.45, 2.75) is 78.3 Å². The van der Waals surface area contributed by atoms with Crippen LogP contribution in [0.2, 0.25) is 0 Å². The Balaban J connectivity index is 1.67. The van der Waals surface area contributed by atoms with Gasteiger partial charge < -0.3 is 0 Å². The first-order chi connectivity index (χ1) is 15.5. The fourth-order valence-corrected chi connectivity index (χ4v) is 4.12. The third kappa shape index (κ3) is 5.42. The van der Waals surface area contributed by atoms with E-state index in [1.807, 2.05) is 24.3 Å². The van der Waals surface area contributed by atoms with Crippen LogP contribution in [0.4, 0.5) is 0 Å². The lowest BCUT2D eigenvalue weighted by Gasteiger charge is -2.20. The summed E-state index contributed by atoms with van der Waals surface area (Å²) in [6.07, 6.45) is 10.0. The molecule has 2 aliphatic rings. The van der Waals surface area contributed by atoms with Crippen molar-refractivity contribution < 1.29 is 19.2 Å². The summed E-state index contributed by atoms with van der Waals surface area (Å²) in [7, 11) is 0. The summed E-state index contributed by atoms with van der Waals surface area (Å²) in [6.45, 7) is 4.46. The molecule has 0 radical (unpaired) electrons. The molecule has 0 spiro atoms. The molecule has 0 atom stereocenters. The van der Waals surface area contributed by atoms with Crippen molar-refractivity contribution in [3.05, 3.63) is 58.7 Å². The van der Waals surface area contributed by atoms with Crippen LogP contribution in [0.15, 0.2) is 47.6 Å². The number of amides is 4. The molecule has 2 aliphatic heterocycles. The topological polar surface area (TPSA) is 74.8 Å². The molecule has 0 fully saturated rings. The molecule has 3 rings (SSSR count). The van der Waals surface area contributed by atoms with Gasteiger partial charge in [0.25, 0.3) is 23.6 Å². The second-order valence-corrected chi connectivity index (χ2v) is 8.48. The van der Waals surface area contributed by atoms with Crippen molar-refractivity contribution in [3.63, 3.8) is 0 Å². The maximum Gasteiger partial charge on any atom is 0.257 e. The summed E-state index contributed by atoms with van der Waals surface area (Å²) < 4.78 is 0. The Hall–Kier alpha value is -3.02. The zero-order valence-electron chi connectivity index (χ0n) is 19.1. The van der Waals surface area contributed by atoms with Gasteiger partial charge in [0.1, 0.15) is 0 Å². The largest absolute Gasteiger partial charge is 0.271 e. The number of unbranched alkanes of at least 4 members (excludes halogenated alkanes) is 4. The van der Waals surface area contributed by atoms with Crippen molar-refractivity contribution in [1.82, 2.24) is 9.80 Å². The number of benzene rings is 1. The lowest BCUT2D eigenvalue weighted by Crippen LogP contribution is -2.33. The van der Waals surface area contributed by atoms with Crippen molar-refractivity contribution in [3.8, 4) is 0 Å². The Morgan fingerprint density at radius 1 is 0.625 bits per heavy atom. The van der Waals surface area contributed by atoms with E-state index in [1.165, 1.54) is 22.0 Å². The summed E-state index contributed by atoms with van der Waals surface area (Å²) in [5.41, 5.74) is 2.65. The second-order valence-electron chi connectivity index (χ2n) is 8.48. The molecule has 4 amide bonds. The maximum absolute atomic E-state index is 12.8. The highest BCUT2D eigenvalue weighted by Gasteiger charge is 2.33. The van der Waals surface area contributed by atoms with Crippen molar-refractivity contribution in [2.24, 2.45) is 0 Å². The predicted molar refractivity (Wildman–Crippen MR) is 122 cm³/mol. The molecule has 6 heteroatoms. The Bertz CT molecular complexity index is 883. The van der Waals surface area contributed by atoms with Crippen LogP contribution in [-0.2, 0) is 32.3 Å². The van der Waals surface area contributed by atoms with Gasteiger partial charge in [-0.3, -0.25) is 29.0 Å². The molecule has 170 valence electrons. The highest BCUT2D eigenvalue weighted by Crippen LogP contribution is 2.25. The summed E-state index contributed by atoms with van der Waals surface area (Å²) in [6, 6.07) is 7.35. The number of nitrogens with zero attached hydrogens (tertiary/aromatic N) is 2. The molecule has 0 saturated carbocycles. The lowest BCUT2D eigenvalue weighted by atomic mass is 10.1. The molecular formula is C26H32N2O4. The normalized spacial score (nSPS) is 16.3. The third-order valence-corrected chi connectivity index (χ3v) is 6.04. The summed E-state index contributed by atoms with van der Waals surface area (Å²) in [5.74, 6) is -1.09. The monoisotopic (exact) mass is 436 g/mol. The molecule has 0 aliphatic carbocycles. The van der Waals surface area contributed by atoms with Gasteiger partial charge in [-0.2, -0.15) is 0 Å². The fraction of sp³-hybridized carbons (Fsp3) is 0.462. The highest BCUT2D eigenvalue weighted by molar-refractivity contribution is 6.16. The van der Waals surface area contributed by atoms with Crippen molar-refractivity contribution in [2.75, 3.05) is 0 Å². The van der Waals surface area contributed by atoms with Crippen LogP contribution in [0.3, 0.4) is 0 Å². The van der Waals surface area contributed by atoms with Gasteiger partial charge in [-0.15, -0.1) is 0 Å². The highest BCUT2D eigenvalue weighted by atomic mass is 16.2. The molecule has 0 bridgehead atoms. The average Bonchev–Trinajstić information content (AvgIpc) is 3.20. The zero-order valence-corrected chi connectivity index (χ0v) is 19.1. The van der Waals surface area contributed by atoms with Crippen LogP contribution in [-0.4, -0.2) is 33.4 Å². The molecule has 0 N–H and O–H groups in total. The second kappa shape index (κ2) is 11.0. The number of imide groups is 2. The molecule has 1 aromatic carbocycles. The first kappa shape index (κ1) is 23.6. The van der Waals surface area contributed by atoms with Crippen LogP contribution < -0.4 is 0 Å². The van der Waals surface area contributed by atoms with Crippen molar-refractivity contribution >= 4 is 23.6 Å². The molecule has 6 nitrogen and oxygen atoms in total. The number of carbonyl (C=O) groups excluding carboxylic acids is 4. The van der Waals surface area contributed by atoms with E-state index in [4.69, 9.17) is 0 Å². The minimum absolute atomic E-state index is 0.134. The smallest absolute Gasteiger partial charge is 0.257 e. The minimum Gasteiger partial charge on any atom is -0.271 e. The van der Waals surface area contributed by atoms with E-state index in [-0.39, 0.29) is 36.7 Å². The Kier molecular flexibility index (Phi) is 8.14. The van der Waals surface area contributed by atoms with E-state index in [0.717, 1.165) is 49.7 Å². The maximum atomic E-state index is 12.8. The number of hydrogen-bond acceptors (Lipinski definition) is 4. The summed E-state index contributed by atoms with van der Waals surface area (Å²) >= 11 is 0. The SMILES string of the molecule is CCCCCC1=CC(=O)N(Cc2ccccc2CN2C(=O)C=C(CCCCC)C2=O)C1=O. The molecule has 2 heterocycles. The third-order valence-electron chi connectivity index (χ3n) is 6.04. The van der Waals surface area contributed by atoms with Gasteiger partial charge >= 0.3 is 0 Å². The van der Waals surface area contributed by atoms with Gasteiger partial charge in [0.15, 0.2) is 0 Å². The van der Waals surface area contributed by atoms with Crippen LogP contribution in [0.5, 0.6) is 0 Å².